The van der Waals surface area contributed by atoms with Gasteiger partial charge in [0.2, 0.25) is 0 Å². The summed E-state index contributed by atoms with van der Waals surface area (Å²) in [5.74, 6) is 0.156. The molecule has 0 spiro atoms. The van der Waals surface area contributed by atoms with Crippen molar-refractivity contribution in [2.24, 2.45) is 0 Å². The topological polar surface area (TPSA) is 82.5 Å². The van der Waals surface area contributed by atoms with E-state index in [0.29, 0.717) is 6.54 Å². The number of fused-ring (bicyclic) bond motifs is 1. The number of piperazine rings is 1. The average Bonchev–Trinajstić information content (AvgIpc) is 3.05. The molecule has 2 aromatic carbocycles. The van der Waals surface area contributed by atoms with Crippen LogP contribution in [0.1, 0.15) is 21.6 Å². The number of nitro groups is 1. The number of hydrogen-bond donors (Lipinski definition) is 1. The summed E-state index contributed by atoms with van der Waals surface area (Å²) in [4.78, 5) is 31.1. The quantitative estimate of drug-likeness (QED) is 0.395. The first-order valence-electron chi connectivity index (χ1n) is 9.80. The predicted octanol–water partition coefficient (Wildman–Crippen LogP) is 3.39. The molecule has 1 fully saturated rings. The lowest BCUT2D eigenvalue weighted by Crippen LogP contribution is -2.47. The number of Topliss-reactive ketones (excluding diaryl/α,β-unsaturated/α-hetero) is 1. The van der Waals surface area contributed by atoms with Crippen LogP contribution in [-0.2, 0) is 6.54 Å². The minimum Gasteiger partial charge on any atom is -0.358 e. The summed E-state index contributed by atoms with van der Waals surface area (Å²) < 4.78 is 0. The molecule has 1 N–H and O–H groups in total. The van der Waals surface area contributed by atoms with Gasteiger partial charge < -0.3 is 4.98 Å². The maximum absolute atomic E-state index is 12.9. The highest BCUT2D eigenvalue weighted by Gasteiger charge is 2.22. The van der Waals surface area contributed by atoms with Crippen molar-refractivity contribution >= 4 is 22.4 Å². The Bertz CT molecular complexity index is 1030. The number of non-ortho nitro benzene ring substituents is 1. The second-order valence-electron chi connectivity index (χ2n) is 7.57. The second-order valence-corrected chi connectivity index (χ2v) is 7.57. The zero-order chi connectivity index (χ0) is 20.4. The fourth-order valence-electron chi connectivity index (χ4n) is 4.00. The molecule has 150 valence electrons. The molecule has 29 heavy (non-hydrogen) atoms. The van der Waals surface area contributed by atoms with Crippen LogP contribution in [0.25, 0.3) is 10.9 Å². The van der Waals surface area contributed by atoms with Gasteiger partial charge >= 0.3 is 0 Å². The van der Waals surface area contributed by atoms with Crippen LogP contribution in [0.2, 0.25) is 0 Å². The number of benzene rings is 2. The predicted molar refractivity (Wildman–Crippen MR) is 112 cm³/mol. The molecule has 7 nitrogen and oxygen atoms in total. The second kappa shape index (κ2) is 8.14. The van der Waals surface area contributed by atoms with Crippen LogP contribution in [0, 0.1) is 17.0 Å². The van der Waals surface area contributed by atoms with Gasteiger partial charge in [-0.15, -0.1) is 0 Å². The molecule has 3 aromatic rings. The van der Waals surface area contributed by atoms with Crippen LogP contribution < -0.4 is 0 Å². The van der Waals surface area contributed by atoms with E-state index in [0.717, 1.165) is 60.4 Å². The molecule has 0 unspecified atom stereocenters. The zero-order valence-corrected chi connectivity index (χ0v) is 16.4. The van der Waals surface area contributed by atoms with E-state index in [1.54, 1.807) is 12.1 Å². The normalized spacial score (nSPS) is 15.6. The van der Waals surface area contributed by atoms with Crippen molar-refractivity contribution in [3.63, 3.8) is 0 Å². The molecular formula is C22H24N4O3. The van der Waals surface area contributed by atoms with Crippen molar-refractivity contribution < 1.29 is 9.72 Å². The minimum absolute atomic E-state index is 0.115. The maximum Gasteiger partial charge on any atom is 0.269 e. The molecule has 0 aliphatic carbocycles. The van der Waals surface area contributed by atoms with E-state index in [1.165, 1.54) is 0 Å². The largest absolute Gasteiger partial charge is 0.358 e. The Labute approximate surface area is 169 Å². The smallest absolute Gasteiger partial charge is 0.269 e. The first kappa shape index (κ1) is 19.3. The van der Waals surface area contributed by atoms with Gasteiger partial charge in [0.15, 0.2) is 5.78 Å². The lowest BCUT2D eigenvalue weighted by atomic mass is 10.1. The molecule has 1 aliphatic rings. The summed E-state index contributed by atoms with van der Waals surface area (Å²) in [7, 11) is 0. The van der Waals surface area contributed by atoms with Crippen molar-refractivity contribution in [2.75, 3.05) is 32.7 Å². The number of nitrogens with zero attached hydrogens (tertiary/aromatic N) is 3. The van der Waals surface area contributed by atoms with E-state index >= 15 is 0 Å². The van der Waals surface area contributed by atoms with E-state index in [-0.39, 0.29) is 16.4 Å². The number of ketones is 1. The van der Waals surface area contributed by atoms with Crippen molar-refractivity contribution in [2.45, 2.75) is 13.5 Å². The van der Waals surface area contributed by atoms with Crippen molar-refractivity contribution in [1.82, 2.24) is 14.8 Å². The first-order chi connectivity index (χ1) is 14.0. The van der Waals surface area contributed by atoms with Crippen LogP contribution >= 0.6 is 0 Å². The SMILES string of the molecule is Cc1[nH]c2ccccc2c1C(=O)CN1CCN(Cc2ccc([N+](=O)[O-])cc2)CC1. The number of nitro benzene ring substituents is 1. The number of carbonyl (C=O) groups excluding carboxylic acids is 1. The average molecular weight is 392 g/mol. The number of carbonyl (C=O) groups is 1. The van der Waals surface area contributed by atoms with E-state index in [4.69, 9.17) is 0 Å². The lowest BCUT2D eigenvalue weighted by molar-refractivity contribution is -0.384. The summed E-state index contributed by atoms with van der Waals surface area (Å²) in [6.45, 7) is 6.55. The molecule has 0 atom stereocenters. The van der Waals surface area contributed by atoms with Crippen molar-refractivity contribution in [3.8, 4) is 0 Å². The molecule has 1 aromatic heterocycles. The molecule has 0 bridgehead atoms. The van der Waals surface area contributed by atoms with Gasteiger partial charge in [-0.1, -0.05) is 30.3 Å². The van der Waals surface area contributed by atoms with Crippen LogP contribution in [0.3, 0.4) is 0 Å². The molecule has 0 amide bonds. The standard InChI is InChI=1S/C22H24N4O3/c1-16-22(19-4-2-3-5-20(19)23-16)21(27)15-25-12-10-24(11-13-25)14-17-6-8-18(9-7-17)26(28)29/h2-9,23H,10-15H2,1H3. The summed E-state index contributed by atoms with van der Waals surface area (Å²) in [6, 6.07) is 14.6. The summed E-state index contributed by atoms with van der Waals surface area (Å²) >= 11 is 0. The van der Waals surface area contributed by atoms with Crippen molar-refractivity contribution in [3.05, 3.63) is 75.5 Å². The van der Waals surface area contributed by atoms with E-state index < -0.39 is 0 Å². The lowest BCUT2D eigenvalue weighted by Gasteiger charge is -2.34. The highest BCUT2D eigenvalue weighted by molar-refractivity contribution is 6.10. The number of aromatic nitrogens is 1. The molecule has 4 rings (SSSR count). The van der Waals surface area contributed by atoms with Crippen LogP contribution in [0.4, 0.5) is 5.69 Å². The Morgan fingerprint density at radius 3 is 2.38 bits per heavy atom. The van der Waals surface area contributed by atoms with E-state index in [2.05, 4.69) is 14.8 Å². The zero-order valence-electron chi connectivity index (χ0n) is 16.4. The molecule has 7 heteroatoms. The number of aryl methyl sites for hydroxylation is 1. The van der Waals surface area contributed by atoms with Crippen LogP contribution in [-0.4, -0.2) is 58.2 Å². The molecule has 1 aliphatic heterocycles. The Balaban J connectivity index is 1.33. The Morgan fingerprint density at radius 1 is 1.03 bits per heavy atom. The van der Waals surface area contributed by atoms with Gasteiger partial charge in [-0.2, -0.15) is 0 Å². The minimum atomic E-state index is -0.380. The fraction of sp³-hybridized carbons (Fsp3) is 0.318. The van der Waals surface area contributed by atoms with E-state index in [1.807, 2.05) is 43.3 Å². The Hall–Kier alpha value is -3.03. The number of hydrogen-bond acceptors (Lipinski definition) is 5. The van der Waals surface area contributed by atoms with Gasteiger partial charge in [-0.3, -0.25) is 24.7 Å². The van der Waals surface area contributed by atoms with Crippen LogP contribution in [0.15, 0.2) is 48.5 Å². The first-order valence-corrected chi connectivity index (χ1v) is 9.80. The fourth-order valence-corrected chi connectivity index (χ4v) is 4.00. The monoisotopic (exact) mass is 392 g/mol. The third-order valence-electron chi connectivity index (χ3n) is 5.56. The molecule has 2 heterocycles. The number of aromatic amines is 1. The van der Waals surface area contributed by atoms with Gasteiger partial charge in [-0.05, 0) is 18.6 Å². The highest BCUT2D eigenvalue weighted by Crippen LogP contribution is 2.23. The summed E-state index contributed by atoms with van der Waals surface area (Å²) in [5, 5.41) is 11.8. The third kappa shape index (κ3) is 4.21. The van der Waals surface area contributed by atoms with Gasteiger partial charge in [0.05, 0.1) is 11.5 Å². The van der Waals surface area contributed by atoms with Crippen LogP contribution in [0.5, 0.6) is 0 Å². The maximum atomic E-state index is 12.9. The molecule has 0 saturated carbocycles. The number of H-pyrrole nitrogens is 1. The van der Waals surface area contributed by atoms with E-state index in [9.17, 15) is 14.9 Å². The third-order valence-corrected chi connectivity index (χ3v) is 5.56. The highest BCUT2D eigenvalue weighted by atomic mass is 16.6. The molecular weight excluding hydrogens is 368 g/mol. The van der Waals surface area contributed by atoms with Gasteiger partial charge in [0.1, 0.15) is 0 Å². The van der Waals surface area contributed by atoms with Crippen molar-refractivity contribution in [1.29, 1.82) is 0 Å². The van der Waals surface area contributed by atoms with Gasteiger partial charge in [-0.25, -0.2) is 0 Å². The number of nitrogens with one attached hydrogen (secondary N) is 1. The molecule has 0 radical (unpaired) electrons. The molecule has 1 saturated heterocycles. The van der Waals surface area contributed by atoms with Gasteiger partial charge in [0, 0.05) is 67.0 Å². The van der Waals surface area contributed by atoms with Gasteiger partial charge in [0.25, 0.3) is 5.69 Å². The number of rotatable bonds is 6. The Kier molecular flexibility index (Phi) is 5.42. The Morgan fingerprint density at radius 2 is 1.69 bits per heavy atom. The summed E-state index contributed by atoms with van der Waals surface area (Å²) in [5.41, 5.74) is 3.90. The summed E-state index contributed by atoms with van der Waals surface area (Å²) in [6.07, 6.45) is 0. The number of para-hydroxylation sites is 1.